The molecule has 5 heteroatoms. The Balaban J connectivity index is 2.32. The molecule has 5 nitrogen and oxygen atoms in total. The van der Waals surface area contributed by atoms with Crippen molar-refractivity contribution in [1.82, 2.24) is 19.6 Å². The van der Waals surface area contributed by atoms with E-state index < -0.39 is 0 Å². The minimum atomic E-state index is 0.627. The summed E-state index contributed by atoms with van der Waals surface area (Å²) in [4.78, 5) is 6.15. The lowest BCUT2D eigenvalue weighted by atomic mass is 10.4. The molecule has 0 amide bonds. The lowest BCUT2D eigenvalue weighted by Crippen LogP contribution is -2.13. The van der Waals surface area contributed by atoms with Crippen molar-refractivity contribution in [3.63, 3.8) is 0 Å². The first-order valence-electron chi connectivity index (χ1n) is 4.74. The van der Waals surface area contributed by atoms with Crippen molar-refractivity contribution in [2.45, 2.75) is 6.54 Å². The summed E-state index contributed by atoms with van der Waals surface area (Å²) in [6, 6.07) is 4.08. The summed E-state index contributed by atoms with van der Waals surface area (Å²) in [5, 5.41) is 3.82. The molecule has 0 atom stereocenters. The molecule has 0 aliphatic carbocycles. The Labute approximate surface area is 88.3 Å². The van der Waals surface area contributed by atoms with Gasteiger partial charge in [0.05, 0.1) is 5.69 Å². The third-order valence-electron chi connectivity index (χ3n) is 2.29. The largest absolute Gasteiger partial charge is 0.344 e. The fourth-order valence-electron chi connectivity index (χ4n) is 1.54. The van der Waals surface area contributed by atoms with Crippen LogP contribution in [-0.4, -0.2) is 33.7 Å². The van der Waals surface area contributed by atoms with Crippen LogP contribution < -0.4 is 0 Å². The second-order valence-corrected chi connectivity index (χ2v) is 3.76. The van der Waals surface area contributed by atoms with E-state index in [9.17, 15) is 0 Å². The van der Waals surface area contributed by atoms with E-state index in [-0.39, 0.29) is 0 Å². The standard InChI is InChI=1S/C10H14N4O/c1-13(2)6-8-4-5-9(14(8)3)10-11-7-15-12-10/h4-5,7H,6H2,1-3H3. The van der Waals surface area contributed by atoms with Gasteiger partial charge in [-0.05, 0) is 26.2 Å². The van der Waals surface area contributed by atoms with Gasteiger partial charge in [-0.3, -0.25) is 0 Å². The minimum absolute atomic E-state index is 0.627. The third-order valence-corrected chi connectivity index (χ3v) is 2.29. The maximum Gasteiger partial charge on any atom is 0.218 e. The molecule has 0 fully saturated rings. The third kappa shape index (κ3) is 1.92. The summed E-state index contributed by atoms with van der Waals surface area (Å²) in [6.07, 6.45) is 1.34. The van der Waals surface area contributed by atoms with Gasteiger partial charge in [-0.1, -0.05) is 5.16 Å². The molecular weight excluding hydrogens is 192 g/mol. The molecule has 2 aromatic rings. The molecule has 2 heterocycles. The van der Waals surface area contributed by atoms with Gasteiger partial charge in [-0.2, -0.15) is 4.98 Å². The Morgan fingerprint density at radius 2 is 2.20 bits per heavy atom. The number of hydrogen-bond donors (Lipinski definition) is 0. The zero-order chi connectivity index (χ0) is 10.8. The van der Waals surface area contributed by atoms with Crippen LogP contribution in [0.1, 0.15) is 5.69 Å². The van der Waals surface area contributed by atoms with Crippen molar-refractivity contribution < 1.29 is 4.52 Å². The summed E-state index contributed by atoms with van der Waals surface area (Å²) in [5.74, 6) is 0.627. The highest BCUT2D eigenvalue weighted by atomic mass is 16.5. The van der Waals surface area contributed by atoms with Crippen molar-refractivity contribution in [2.75, 3.05) is 14.1 Å². The second kappa shape index (κ2) is 3.86. The van der Waals surface area contributed by atoms with Gasteiger partial charge >= 0.3 is 0 Å². The summed E-state index contributed by atoms with van der Waals surface area (Å²) in [5.41, 5.74) is 2.19. The molecule has 0 spiro atoms. The van der Waals surface area contributed by atoms with Gasteiger partial charge in [0.15, 0.2) is 0 Å². The van der Waals surface area contributed by atoms with Crippen LogP contribution in [0.5, 0.6) is 0 Å². The van der Waals surface area contributed by atoms with Crippen LogP contribution in [0.2, 0.25) is 0 Å². The maximum atomic E-state index is 4.73. The number of aromatic nitrogens is 3. The quantitative estimate of drug-likeness (QED) is 0.755. The topological polar surface area (TPSA) is 47.1 Å². The molecule has 0 aromatic carbocycles. The van der Waals surface area contributed by atoms with Gasteiger partial charge in [-0.25, -0.2) is 0 Å². The van der Waals surface area contributed by atoms with Crippen molar-refractivity contribution in [3.8, 4) is 11.5 Å². The van der Waals surface area contributed by atoms with E-state index in [1.165, 1.54) is 12.1 Å². The van der Waals surface area contributed by atoms with Crippen LogP contribution in [0, 0.1) is 0 Å². The van der Waals surface area contributed by atoms with Gasteiger partial charge in [-0.15, -0.1) is 0 Å². The molecule has 0 N–H and O–H groups in total. The average Bonchev–Trinajstić information content (AvgIpc) is 2.76. The fourth-order valence-corrected chi connectivity index (χ4v) is 1.54. The molecule has 0 aliphatic heterocycles. The minimum Gasteiger partial charge on any atom is -0.344 e. The Kier molecular flexibility index (Phi) is 2.55. The average molecular weight is 206 g/mol. The monoisotopic (exact) mass is 206 g/mol. The van der Waals surface area contributed by atoms with Crippen LogP contribution in [0.25, 0.3) is 11.5 Å². The molecule has 2 rings (SSSR count). The SMILES string of the molecule is CN(C)Cc1ccc(-c2ncon2)n1C. The smallest absolute Gasteiger partial charge is 0.218 e. The first kappa shape index (κ1) is 9.92. The van der Waals surface area contributed by atoms with Gasteiger partial charge in [0.25, 0.3) is 0 Å². The Hall–Kier alpha value is -1.62. The fraction of sp³-hybridized carbons (Fsp3) is 0.400. The Bertz CT molecular complexity index is 430. The van der Waals surface area contributed by atoms with Crippen LogP contribution >= 0.6 is 0 Å². The molecule has 0 saturated carbocycles. The number of rotatable bonds is 3. The van der Waals surface area contributed by atoms with E-state index in [1.54, 1.807) is 0 Å². The first-order valence-corrected chi connectivity index (χ1v) is 4.74. The van der Waals surface area contributed by atoms with E-state index in [1.807, 2.05) is 27.2 Å². The van der Waals surface area contributed by atoms with E-state index in [0.717, 1.165) is 12.2 Å². The van der Waals surface area contributed by atoms with Crippen molar-refractivity contribution >= 4 is 0 Å². The van der Waals surface area contributed by atoms with Gasteiger partial charge in [0.2, 0.25) is 12.2 Å². The van der Waals surface area contributed by atoms with Crippen molar-refractivity contribution in [1.29, 1.82) is 0 Å². The first-order chi connectivity index (χ1) is 7.18. The van der Waals surface area contributed by atoms with Gasteiger partial charge in [0, 0.05) is 19.3 Å². The molecule has 15 heavy (non-hydrogen) atoms. The second-order valence-electron chi connectivity index (χ2n) is 3.76. The maximum absolute atomic E-state index is 4.73. The predicted octanol–water partition coefficient (Wildman–Crippen LogP) is 1.14. The number of nitrogens with zero attached hydrogens (tertiary/aromatic N) is 4. The highest BCUT2D eigenvalue weighted by molar-refractivity contribution is 5.50. The van der Waals surface area contributed by atoms with E-state index >= 15 is 0 Å². The van der Waals surface area contributed by atoms with E-state index in [0.29, 0.717) is 5.82 Å². The Morgan fingerprint density at radius 1 is 1.40 bits per heavy atom. The van der Waals surface area contributed by atoms with Gasteiger partial charge in [0.1, 0.15) is 0 Å². The Morgan fingerprint density at radius 3 is 2.80 bits per heavy atom. The zero-order valence-electron chi connectivity index (χ0n) is 9.14. The normalized spacial score (nSPS) is 11.2. The van der Waals surface area contributed by atoms with Crippen LogP contribution in [0.4, 0.5) is 0 Å². The summed E-state index contributed by atoms with van der Waals surface area (Å²) < 4.78 is 6.80. The zero-order valence-corrected chi connectivity index (χ0v) is 9.14. The van der Waals surface area contributed by atoms with Crippen molar-refractivity contribution in [2.24, 2.45) is 7.05 Å². The molecule has 0 radical (unpaired) electrons. The van der Waals surface area contributed by atoms with E-state index in [4.69, 9.17) is 4.52 Å². The molecule has 80 valence electrons. The highest BCUT2D eigenvalue weighted by Gasteiger charge is 2.10. The molecule has 0 aliphatic rings. The van der Waals surface area contributed by atoms with Crippen LogP contribution in [-0.2, 0) is 13.6 Å². The lowest BCUT2D eigenvalue weighted by molar-refractivity contribution is 0.391. The molecular formula is C10H14N4O. The molecule has 0 saturated heterocycles. The summed E-state index contributed by atoms with van der Waals surface area (Å²) in [6.45, 7) is 0.897. The van der Waals surface area contributed by atoms with Crippen LogP contribution in [0.15, 0.2) is 23.0 Å². The number of hydrogen-bond acceptors (Lipinski definition) is 4. The molecule has 2 aromatic heterocycles. The highest BCUT2D eigenvalue weighted by Crippen LogP contribution is 2.17. The van der Waals surface area contributed by atoms with Crippen LogP contribution in [0.3, 0.4) is 0 Å². The molecule has 0 bridgehead atoms. The van der Waals surface area contributed by atoms with Gasteiger partial charge < -0.3 is 14.0 Å². The lowest BCUT2D eigenvalue weighted by Gasteiger charge is -2.11. The van der Waals surface area contributed by atoms with Crippen molar-refractivity contribution in [3.05, 3.63) is 24.2 Å². The summed E-state index contributed by atoms with van der Waals surface area (Å²) >= 11 is 0. The summed E-state index contributed by atoms with van der Waals surface area (Å²) in [7, 11) is 6.09. The molecule has 0 unspecified atom stereocenters. The van der Waals surface area contributed by atoms with E-state index in [2.05, 4.69) is 25.7 Å². The predicted molar refractivity (Wildman–Crippen MR) is 56.1 cm³/mol.